The fraction of sp³-hybridized carbons (Fsp3) is 0.579. The number of hydrogen-bond donors (Lipinski definition) is 0. The normalized spacial score (nSPS) is 16.4. The van der Waals surface area contributed by atoms with E-state index in [0.29, 0.717) is 30.9 Å². The second kappa shape index (κ2) is 9.06. The number of carbonyl (C=O) groups excluding carboxylic acids is 1. The van der Waals surface area contributed by atoms with Gasteiger partial charge in [-0.2, -0.15) is 17.0 Å². The van der Waals surface area contributed by atoms with Crippen LogP contribution in [0, 0.1) is 0 Å². The van der Waals surface area contributed by atoms with Crippen molar-refractivity contribution >= 4 is 37.2 Å². The highest BCUT2D eigenvalue weighted by Gasteiger charge is 2.30. The van der Waals surface area contributed by atoms with E-state index in [4.69, 9.17) is 0 Å². The molecule has 3 rings (SSSR count). The molecule has 1 aromatic heterocycles. The van der Waals surface area contributed by atoms with Gasteiger partial charge in [-0.25, -0.2) is 17.7 Å². The molecular weight excluding hydrogens is 456 g/mol. The van der Waals surface area contributed by atoms with Gasteiger partial charge in [-0.15, -0.1) is 0 Å². The Kier molecular flexibility index (Phi) is 6.96. The van der Waals surface area contributed by atoms with Gasteiger partial charge in [0.05, 0.1) is 15.9 Å². The molecule has 32 heavy (non-hydrogen) atoms. The minimum Gasteiger partial charge on any atom is -0.340 e. The highest BCUT2D eigenvalue weighted by atomic mass is 32.2. The molecule has 0 N–H and O–H groups in total. The van der Waals surface area contributed by atoms with Crippen molar-refractivity contribution in [3.05, 3.63) is 24.0 Å². The van der Waals surface area contributed by atoms with Crippen molar-refractivity contribution in [2.45, 2.75) is 17.7 Å². The molecule has 1 fully saturated rings. The molecule has 0 aliphatic carbocycles. The molecule has 0 unspecified atom stereocenters. The van der Waals surface area contributed by atoms with Crippen molar-refractivity contribution in [3.8, 4) is 0 Å². The number of nitrogens with zero attached hydrogens (tertiary/aromatic N) is 6. The maximum absolute atomic E-state index is 12.7. The van der Waals surface area contributed by atoms with Gasteiger partial charge < -0.3 is 9.47 Å². The fourth-order valence-electron chi connectivity index (χ4n) is 3.60. The van der Waals surface area contributed by atoms with Gasteiger partial charge in [-0.1, -0.05) is 0 Å². The second-order valence-corrected chi connectivity index (χ2v) is 12.4. The number of aromatic nitrogens is 2. The average molecular weight is 487 g/mol. The molecule has 2 heterocycles. The number of amides is 1. The van der Waals surface area contributed by atoms with E-state index in [1.807, 2.05) is 11.6 Å². The summed E-state index contributed by atoms with van der Waals surface area (Å²) in [5.74, 6) is 0.622. The zero-order valence-corrected chi connectivity index (χ0v) is 20.6. The summed E-state index contributed by atoms with van der Waals surface area (Å²) in [5.41, 5.74) is 1.34. The van der Waals surface area contributed by atoms with Crippen LogP contribution in [-0.4, -0.2) is 104 Å². The first-order valence-corrected chi connectivity index (χ1v) is 13.0. The third kappa shape index (κ3) is 4.66. The summed E-state index contributed by atoms with van der Waals surface area (Å²) in [7, 11) is 0.731. The van der Waals surface area contributed by atoms with Crippen molar-refractivity contribution < 1.29 is 21.6 Å². The lowest BCUT2D eigenvalue weighted by molar-refractivity contribution is -0.132. The number of rotatable bonds is 7. The first-order chi connectivity index (χ1) is 14.9. The molecule has 0 bridgehead atoms. The zero-order chi connectivity index (χ0) is 23.8. The van der Waals surface area contributed by atoms with E-state index in [-0.39, 0.29) is 30.3 Å². The van der Waals surface area contributed by atoms with E-state index < -0.39 is 20.2 Å². The number of piperazine rings is 1. The van der Waals surface area contributed by atoms with E-state index in [0.717, 1.165) is 9.82 Å². The Morgan fingerprint density at radius 3 is 2.19 bits per heavy atom. The largest absolute Gasteiger partial charge is 0.340 e. The molecule has 1 aliphatic rings. The van der Waals surface area contributed by atoms with E-state index in [9.17, 15) is 21.6 Å². The molecule has 1 aliphatic heterocycles. The molecule has 11 nitrogen and oxygen atoms in total. The van der Waals surface area contributed by atoms with E-state index in [2.05, 4.69) is 4.98 Å². The standard InChI is InChI=1S/C19H30N6O5S2/c1-21(2)31(27,28)15-6-7-17-16(14-15)20-18(23(17)5)8-9-19(26)24-10-12-25(13-11-24)32(29,30)22(3)4/h6-7,14H,8-13H2,1-5H3. The highest BCUT2D eigenvalue weighted by Crippen LogP contribution is 2.22. The molecule has 0 atom stereocenters. The SMILES string of the molecule is CN(C)S(=O)(=O)c1ccc2c(c1)nc(CCC(=O)N1CCN(S(=O)(=O)N(C)C)CC1)n2C. The first kappa shape index (κ1) is 24.6. The molecule has 0 spiro atoms. The third-order valence-corrected chi connectivity index (χ3v) is 9.42. The zero-order valence-electron chi connectivity index (χ0n) is 19.0. The lowest BCUT2D eigenvalue weighted by Crippen LogP contribution is -2.53. The van der Waals surface area contributed by atoms with Crippen LogP contribution >= 0.6 is 0 Å². The van der Waals surface area contributed by atoms with Crippen LogP contribution in [-0.2, 0) is 38.5 Å². The molecular formula is C19H30N6O5S2. The van der Waals surface area contributed by atoms with E-state index in [1.165, 1.54) is 36.8 Å². The monoisotopic (exact) mass is 486 g/mol. The number of benzene rings is 1. The molecule has 1 aromatic carbocycles. The predicted molar refractivity (Wildman–Crippen MR) is 121 cm³/mol. The molecule has 0 radical (unpaired) electrons. The minimum absolute atomic E-state index is 0.0603. The summed E-state index contributed by atoms with van der Waals surface area (Å²) >= 11 is 0. The topological polar surface area (TPSA) is 116 Å². The van der Waals surface area contributed by atoms with Gasteiger partial charge in [-0.3, -0.25) is 4.79 Å². The maximum Gasteiger partial charge on any atom is 0.281 e. The summed E-state index contributed by atoms with van der Waals surface area (Å²) < 4.78 is 54.7. The van der Waals surface area contributed by atoms with Gasteiger partial charge in [0.2, 0.25) is 15.9 Å². The van der Waals surface area contributed by atoms with Crippen molar-refractivity contribution in [2.24, 2.45) is 7.05 Å². The van der Waals surface area contributed by atoms with Crippen molar-refractivity contribution in [3.63, 3.8) is 0 Å². The van der Waals surface area contributed by atoms with Crippen LogP contribution in [0.25, 0.3) is 11.0 Å². The van der Waals surface area contributed by atoms with Crippen LogP contribution in [0.2, 0.25) is 0 Å². The Hall–Kier alpha value is -2.06. The summed E-state index contributed by atoms with van der Waals surface area (Å²) in [6, 6.07) is 4.81. The number of carbonyl (C=O) groups is 1. The molecule has 1 saturated heterocycles. The fourth-order valence-corrected chi connectivity index (χ4v) is 5.61. The minimum atomic E-state index is -3.56. The number of fused-ring (bicyclic) bond motifs is 1. The second-order valence-electron chi connectivity index (χ2n) is 8.09. The Labute approximate surface area is 189 Å². The number of aryl methyl sites for hydroxylation is 2. The van der Waals surface area contributed by atoms with Crippen molar-refractivity contribution in [2.75, 3.05) is 54.4 Å². The van der Waals surface area contributed by atoms with Gasteiger partial charge in [0.1, 0.15) is 5.82 Å². The van der Waals surface area contributed by atoms with Crippen LogP contribution in [0.15, 0.2) is 23.1 Å². The summed E-state index contributed by atoms with van der Waals surface area (Å²) in [5, 5.41) is 0. The van der Waals surface area contributed by atoms with Gasteiger partial charge in [-0.05, 0) is 18.2 Å². The van der Waals surface area contributed by atoms with Crippen molar-refractivity contribution in [1.29, 1.82) is 0 Å². The van der Waals surface area contributed by atoms with Crippen LogP contribution < -0.4 is 0 Å². The first-order valence-electron chi connectivity index (χ1n) is 10.2. The quantitative estimate of drug-likeness (QED) is 0.531. The smallest absolute Gasteiger partial charge is 0.281 e. The van der Waals surface area contributed by atoms with Gasteiger partial charge >= 0.3 is 0 Å². The van der Waals surface area contributed by atoms with Gasteiger partial charge in [0, 0.05) is 74.3 Å². The molecule has 0 saturated carbocycles. The Bertz CT molecular complexity index is 1210. The van der Waals surface area contributed by atoms with E-state index >= 15 is 0 Å². The Morgan fingerprint density at radius 1 is 1.00 bits per heavy atom. The number of hydrogen-bond acceptors (Lipinski definition) is 6. The maximum atomic E-state index is 12.7. The Morgan fingerprint density at radius 2 is 1.62 bits per heavy atom. The van der Waals surface area contributed by atoms with Crippen molar-refractivity contribution in [1.82, 2.24) is 27.4 Å². The molecule has 1 amide bonds. The Balaban J connectivity index is 1.66. The van der Waals surface area contributed by atoms with Crippen LogP contribution in [0.4, 0.5) is 0 Å². The van der Waals surface area contributed by atoms with Crippen LogP contribution in [0.1, 0.15) is 12.2 Å². The third-order valence-electron chi connectivity index (χ3n) is 5.67. The lowest BCUT2D eigenvalue weighted by Gasteiger charge is -2.35. The van der Waals surface area contributed by atoms with Crippen LogP contribution in [0.3, 0.4) is 0 Å². The average Bonchev–Trinajstić information content (AvgIpc) is 3.06. The van der Waals surface area contributed by atoms with E-state index in [1.54, 1.807) is 23.1 Å². The summed E-state index contributed by atoms with van der Waals surface area (Å²) in [4.78, 5) is 19.1. The number of sulfonamides is 1. The summed E-state index contributed by atoms with van der Waals surface area (Å²) in [6.45, 7) is 1.23. The summed E-state index contributed by atoms with van der Waals surface area (Å²) in [6.07, 6.45) is 0.635. The molecule has 178 valence electrons. The molecule has 2 aromatic rings. The lowest BCUT2D eigenvalue weighted by atomic mass is 10.2. The van der Waals surface area contributed by atoms with Crippen LogP contribution in [0.5, 0.6) is 0 Å². The van der Waals surface area contributed by atoms with Gasteiger partial charge in [0.25, 0.3) is 10.2 Å². The highest BCUT2D eigenvalue weighted by molar-refractivity contribution is 7.89. The predicted octanol–water partition coefficient (Wildman–Crippen LogP) is -0.293. The molecule has 13 heteroatoms. The number of imidazole rings is 1. The van der Waals surface area contributed by atoms with Gasteiger partial charge in [0.15, 0.2) is 0 Å².